The first-order chi connectivity index (χ1) is 10.6. The van der Waals surface area contributed by atoms with Crippen molar-refractivity contribution < 1.29 is 19.4 Å². The third kappa shape index (κ3) is 4.39. The molecule has 2 aromatic rings. The summed E-state index contributed by atoms with van der Waals surface area (Å²) in [5, 5.41) is 12.2. The van der Waals surface area contributed by atoms with Crippen molar-refractivity contribution in [1.82, 2.24) is 0 Å². The summed E-state index contributed by atoms with van der Waals surface area (Å²) >= 11 is 3.26. The summed E-state index contributed by atoms with van der Waals surface area (Å²) in [7, 11) is 1.61. The van der Waals surface area contributed by atoms with Gasteiger partial charge >= 0.3 is 5.97 Å². The number of carbonyl (C=O) groups is 1. The third-order valence-electron chi connectivity index (χ3n) is 2.96. The minimum atomic E-state index is -0.972. The van der Waals surface area contributed by atoms with Crippen molar-refractivity contribution in [2.24, 2.45) is 0 Å². The topological polar surface area (TPSA) is 67.8 Å². The molecule has 6 heteroatoms. The summed E-state index contributed by atoms with van der Waals surface area (Å²) in [5.41, 5.74) is 0.785. The second kappa shape index (κ2) is 7.70. The number of hydrogen-bond donors (Lipinski definition) is 2. The highest BCUT2D eigenvalue weighted by atomic mass is 79.9. The molecule has 0 saturated carbocycles. The van der Waals surface area contributed by atoms with Gasteiger partial charge in [0.1, 0.15) is 18.1 Å². The van der Waals surface area contributed by atoms with Crippen LogP contribution < -0.4 is 14.8 Å². The number of carboxylic acids is 1. The van der Waals surface area contributed by atoms with Gasteiger partial charge in [-0.1, -0.05) is 15.9 Å². The predicted octanol–water partition coefficient (Wildman–Crippen LogP) is 3.65. The van der Waals surface area contributed by atoms with E-state index in [1.165, 1.54) is 0 Å². The Hall–Kier alpha value is -2.21. The maximum Gasteiger partial charge on any atom is 0.337 e. The number of benzene rings is 2. The molecule has 0 amide bonds. The summed E-state index contributed by atoms with van der Waals surface area (Å²) in [6.45, 7) is 0.912. The van der Waals surface area contributed by atoms with Crippen molar-refractivity contribution >= 4 is 27.6 Å². The zero-order chi connectivity index (χ0) is 15.9. The number of hydrogen-bond acceptors (Lipinski definition) is 4. The van der Waals surface area contributed by atoms with Gasteiger partial charge in [-0.25, -0.2) is 4.79 Å². The zero-order valence-corrected chi connectivity index (χ0v) is 13.6. The van der Waals surface area contributed by atoms with Gasteiger partial charge in [-0.15, -0.1) is 0 Å². The van der Waals surface area contributed by atoms with Gasteiger partial charge in [0.05, 0.1) is 12.7 Å². The molecule has 116 valence electrons. The second-order valence-corrected chi connectivity index (χ2v) is 5.36. The van der Waals surface area contributed by atoms with Crippen molar-refractivity contribution in [1.29, 1.82) is 0 Å². The molecule has 5 nitrogen and oxygen atoms in total. The predicted molar refractivity (Wildman–Crippen MR) is 88.1 cm³/mol. The lowest BCUT2D eigenvalue weighted by Gasteiger charge is -2.11. The average Bonchev–Trinajstić information content (AvgIpc) is 2.53. The van der Waals surface area contributed by atoms with Gasteiger partial charge in [0, 0.05) is 16.7 Å². The molecule has 0 bridgehead atoms. The van der Waals surface area contributed by atoms with E-state index in [2.05, 4.69) is 21.2 Å². The Labute approximate surface area is 137 Å². The Balaban J connectivity index is 1.87. The molecule has 0 saturated heterocycles. The number of halogens is 1. The third-order valence-corrected chi connectivity index (χ3v) is 3.45. The summed E-state index contributed by atoms with van der Waals surface area (Å²) in [5.74, 6) is 0.531. The smallest absolute Gasteiger partial charge is 0.337 e. The highest BCUT2D eigenvalue weighted by Gasteiger charge is 2.10. The molecule has 0 fully saturated rings. The van der Waals surface area contributed by atoms with E-state index in [1.54, 1.807) is 25.3 Å². The van der Waals surface area contributed by atoms with Crippen molar-refractivity contribution in [3.8, 4) is 11.5 Å². The lowest BCUT2D eigenvalue weighted by molar-refractivity contribution is 0.0698. The quantitative estimate of drug-likeness (QED) is 0.733. The Bertz CT molecular complexity index is 643. The van der Waals surface area contributed by atoms with Gasteiger partial charge in [-0.3, -0.25) is 0 Å². The summed E-state index contributed by atoms with van der Waals surface area (Å²) in [6.07, 6.45) is 0. The van der Waals surface area contributed by atoms with Crippen LogP contribution in [0.5, 0.6) is 11.5 Å². The van der Waals surface area contributed by atoms with Crippen LogP contribution in [0.4, 0.5) is 5.69 Å². The van der Waals surface area contributed by atoms with Crippen LogP contribution in [0.3, 0.4) is 0 Å². The largest absolute Gasteiger partial charge is 0.497 e. The average molecular weight is 366 g/mol. The molecular formula is C16H16BrNO4. The number of carboxylic acid groups (broad SMARTS) is 1. The van der Waals surface area contributed by atoms with Crippen LogP contribution >= 0.6 is 15.9 Å². The number of rotatable bonds is 7. The first-order valence-electron chi connectivity index (χ1n) is 6.63. The van der Waals surface area contributed by atoms with E-state index in [4.69, 9.17) is 9.47 Å². The van der Waals surface area contributed by atoms with E-state index < -0.39 is 5.97 Å². The van der Waals surface area contributed by atoms with E-state index in [9.17, 15) is 9.90 Å². The molecule has 2 N–H and O–H groups in total. The molecule has 0 aliphatic heterocycles. The highest BCUT2D eigenvalue weighted by molar-refractivity contribution is 9.10. The molecule has 2 aromatic carbocycles. The van der Waals surface area contributed by atoms with E-state index >= 15 is 0 Å². The fraction of sp³-hybridized carbons (Fsp3) is 0.188. The summed E-state index contributed by atoms with van der Waals surface area (Å²) < 4.78 is 11.4. The van der Waals surface area contributed by atoms with Gasteiger partial charge in [0.2, 0.25) is 0 Å². The van der Waals surface area contributed by atoms with Crippen LogP contribution in [-0.2, 0) is 0 Å². The van der Waals surface area contributed by atoms with E-state index in [0.29, 0.717) is 18.8 Å². The van der Waals surface area contributed by atoms with Crippen molar-refractivity contribution in [2.75, 3.05) is 25.6 Å². The summed E-state index contributed by atoms with van der Waals surface area (Å²) in [4.78, 5) is 11.2. The maximum atomic E-state index is 11.2. The Morgan fingerprint density at radius 1 is 1.18 bits per heavy atom. The molecule has 2 rings (SSSR count). The Kier molecular flexibility index (Phi) is 5.66. The van der Waals surface area contributed by atoms with Gasteiger partial charge in [-0.05, 0) is 42.5 Å². The Morgan fingerprint density at radius 3 is 2.50 bits per heavy atom. The lowest BCUT2D eigenvalue weighted by Crippen LogP contribution is -2.14. The number of anilines is 1. The SMILES string of the molecule is COc1ccc(OCCNc2ccc(Br)cc2C(=O)O)cc1. The molecule has 0 aliphatic carbocycles. The molecule has 0 spiro atoms. The molecule has 0 atom stereocenters. The first kappa shape index (κ1) is 16.2. The van der Waals surface area contributed by atoms with Crippen molar-refractivity contribution in [3.63, 3.8) is 0 Å². The van der Waals surface area contributed by atoms with Gasteiger partial charge < -0.3 is 19.9 Å². The molecule has 0 aromatic heterocycles. The normalized spacial score (nSPS) is 10.1. The Morgan fingerprint density at radius 2 is 1.86 bits per heavy atom. The second-order valence-electron chi connectivity index (χ2n) is 4.45. The molecule has 0 heterocycles. The van der Waals surface area contributed by atoms with Crippen LogP contribution in [-0.4, -0.2) is 31.3 Å². The molecule has 0 radical (unpaired) electrons. The number of aromatic carboxylic acids is 1. The van der Waals surface area contributed by atoms with Crippen LogP contribution in [0.15, 0.2) is 46.9 Å². The minimum Gasteiger partial charge on any atom is -0.497 e. The number of methoxy groups -OCH3 is 1. The molecule has 22 heavy (non-hydrogen) atoms. The van der Waals surface area contributed by atoms with Gasteiger partial charge in [-0.2, -0.15) is 0 Å². The van der Waals surface area contributed by atoms with Crippen LogP contribution in [0.25, 0.3) is 0 Å². The van der Waals surface area contributed by atoms with Crippen LogP contribution in [0.2, 0.25) is 0 Å². The number of nitrogens with one attached hydrogen (secondary N) is 1. The maximum absolute atomic E-state index is 11.2. The zero-order valence-electron chi connectivity index (χ0n) is 12.0. The number of ether oxygens (including phenoxy) is 2. The van der Waals surface area contributed by atoms with Gasteiger partial charge in [0.15, 0.2) is 0 Å². The lowest BCUT2D eigenvalue weighted by atomic mass is 10.2. The molecular weight excluding hydrogens is 350 g/mol. The highest BCUT2D eigenvalue weighted by Crippen LogP contribution is 2.21. The molecule has 0 aliphatic rings. The van der Waals surface area contributed by atoms with Crippen molar-refractivity contribution in [3.05, 3.63) is 52.5 Å². The van der Waals surface area contributed by atoms with Gasteiger partial charge in [0.25, 0.3) is 0 Å². The van der Waals surface area contributed by atoms with Crippen LogP contribution in [0, 0.1) is 0 Å². The summed E-state index contributed by atoms with van der Waals surface area (Å²) in [6, 6.07) is 12.4. The van der Waals surface area contributed by atoms with E-state index in [-0.39, 0.29) is 5.56 Å². The first-order valence-corrected chi connectivity index (χ1v) is 7.43. The fourth-order valence-electron chi connectivity index (χ4n) is 1.87. The molecule has 0 unspecified atom stereocenters. The van der Waals surface area contributed by atoms with E-state index in [0.717, 1.165) is 16.0 Å². The van der Waals surface area contributed by atoms with E-state index in [1.807, 2.05) is 24.3 Å². The minimum absolute atomic E-state index is 0.221. The fourth-order valence-corrected chi connectivity index (χ4v) is 2.24. The van der Waals surface area contributed by atoms with Crippen molar-refractivity contribution in [2.45, 2.75) is 0 Å². The van der Waals surface area contributed by atoms with Crippen LogP contribution in [0.1, 0.15) is 10.4 Å². The monoisotopic (exact) mass is 365 g/mol. The standard InChI is InChI=1S/C16H16BrNO4/c1-21-12-3-5-13(6-4-12)22-9-8-18-15-7-2-11(17)10-14(15)16(19)20/h2-7,10,18H,8-9H2,1H3,(H,19,20).